The van der Waals surface area contributed by atoms with Crippen LogP contribution in [-0.4, -0.2) is 19.3 Å². The number of nitrogens with zero attached hydrogens (tertiary/aromatic N) is 1. The van der Waals surface area contributed by atoms with Crippen LogP contribution in [-0.2, 0) is 17.8 Å². The number of hydrogen-bond acceptors (Lipinski definition) is 3. The number of nitrogens with one attached hydrogen (secondary N) is 1. The van der Waals surface area contributed by atoms with Crippen molar-refractivity contribution in [2.24, 2.45) is 10.7 Å². The van der Waals surface area contributed by atoms with E-state index >= 15 is 0 Å². The largest absolute Gasteiger partial charge is 0.467 e. The van der Waals surface area contributed by atoms with Gasteiger partial charge in [0.05, 0.1) is 6.61 Å². The van der Waals surface area contributed by atoms with E-state index in [1.54, 1.807) is 0 Å². The molecule has 0 radical (unpaired) electrons. The number of nitrogens with two attached hydrogens (primary N) is 1. The fourth-order valence-electron chi connectivity index (χ4n) is 2.45. The van der Waals surface area contributed by atoms with Crippen LogP contribution < -0.4 is 15.8 Å². The molecule has 0 fully saturated rings. The average Bonchev–Trinajstić information content (AvgIpc) is 2.55. The lowest BCUT2D eigenvalue weighted by Crippen LogP contribution is -2.23. The van der Waals surface area contributed by atoms with Gasteiger partial charge < -0.3 is 20.5 Å². The molecule has 3 N–H and O–H groups in total. The molecule has 2 aromatic rings. The van der Waals surface area contributed by atoms with Crippen molar-refractivity contribution < 1.29 is 13.9 Å². The van der Waals surface area contributed by atoms with Crippen LogP contribution in [0.15, 0.2) is 47.5 Å². The Morgan fingerprint density at radius 1 is 1.25 bits per heavy atom. The lowest BCUT2D eigenvalue weighted by atomic mass is 10.1. The van der Waals surface area contributed by atoms with Gasteiger partial charge in [-0.25, -0.2) is 4.39 Å². The molecule has 1 aliphatic rings. The summed E-state index contributed by atoms with van der Waals surface area (Å²) in [5, 5.41) is 3.00. The van der Waals surface area contributed by atoms with Crippen LogP contribution in [0.1, 0.15) is 11.1 Å². The number of halogens is 2. The monoisotopic (exact) mass is 443 g/mol. The molecule has 0 saturated carbocycles. The number of ether oxygens (including phenoxy) is 2. The number of hydrogen-bond donors (Lipinski definition) is 2. The van der Waals surface area contributed by atoms with Crippen molar-refractivity contribution in [3.63, 3.8) is 0 Å². The van der Waals surface area contributed by atoms with Crippen LogP contribution in [0.5, 0.6) is 5.75 Å². The summed E-state index contributed by atoms with van der Waals surface area (Å²) in [4.78, 5) is 4.27. The molecule has 0 unspecified atom stereocenters. The minimum absolute atomic E-state index is 0. The summed E-state index contributed by atoms with van der Waals surface area (Å²) in [7, 11) is 0. The minimum Gasteiger partial charge on any atom is -0.467 e. The molecule has 2 aromatic carbocycles. The molecule has 128 valence electrons. The van der Waals surface area contributed by atoms with Gasteiger partial charge in [-0.2, -0.15) is 0 Å². The van der Waals surface area contributed by atoms with E-state index in [-0.39, 0.29) is 36.6 Å². The van der Waals surface area contributed by atoms with Crippen LogP contribution in [0.25, 0.3) is 0 Å². The van der Waals surface area contributed by atoms with Gasteiger partial charge in [0.1, 0.15) is 11.6 Å². The lowest BCUT2D eigenvalue weighted by molar-refractivity contribution is -0.0172. The van der Waals surface area contributed by atoms with Gasteiger partial charge in [0.25, 0.3) is 0 Å². The first-order chi connectivity index (χ1) is 11.2. The minimum atomic E-state index is -0.299. The molecule has 0 aliphatic carbocycles. The fourth-order valence-corrected chi connectivity index (χ4v) is 2.45. The highest BCUT2D eigenvalue weighted by Crippen LogP contribution is 2.29. The third-order valence-electron chi connectivity index (χ3n) is 3.46. The molecule has 1 aliphatic heterocycles. The second-order valence-corrected chi connectivity index (χ2v) is 5.17. The van der Waals surface area contributed by atoms with Gasteiger partial charge in [0.2, 0.25) is 0 Å². The van der Waals surface area contributed by atoms with E-state index in [0.29, 0.717) is 31.3 Å². The van der Waals surface area contributed by atoms with E-state index in [1.165, 1.54) is 12.1 Å². The van der Waals surface area contributed by atoms with Crippen molar-refractivity contribution in [2.45, 2.75) is 13.0 Å². The van der Waals surface area contributed by atoms with E-state index in [4.69, 9.17) is 15.2 Å². The fraction of sp³-hybridized carbons (Fsp3) is 0.235. The summed E-state index contributed by atoms with van der Waals surface area (Å²) in [5.74, 6) is 0.723. The number of benzene rings is 2. The van der Waals surface area contributed by atoms with Gasteiger partial charge in [-0.15, -0.1) is 24.0 Å². The number of rotatable bonds is 4. The maximum absolute atomic E-state index is 13.6. The predicted octanol–water partition coefficient (Wildman–Crippen LogP) is 3.28. The summed E-state index contributed by atoms with van der Waals surface area (Å²) in [6.07, 6.45) is 0.539. The Morgan fingerprint density at radius 3 is 2.83 bits per heavy atom. The van der Waals surface area contributed by atoms with Crippen molar-refractivity contribution >= 4 is 35.6 Å². The second-order valence-electron chi connectivity index (χ2n) is 5.17. The maximum Gasteiger partial charge on any atom is 0.193 e. The van der Waals surface area contributed by atoms with Crippen LogP contribution in [0.4, 0.5) is 10.1 Å². The van der Waals surface area contributed by atoms with Gasteiger partial charge in [0, 0.05) is 17.8 Å². The van der Waals surface area contributed by atoms with Crippen LogP contribution in [0.3, 0.4) is 0 Å². The van der Waals surface area contributed by atoms with Crippen LogP contribution in [0.2, 0.25) is 0 Å². The van der Waals surface area contributed by atoms with Crippen molar-refractivity contribution in [2.75, 3.05) is 18.7 Å². The third kappa shape index (κ3) is 4.81. The van der Waals surface area contributed by atoms with Gasteiger partial charge in [0.15, 0.2) is 12.8 Å². The summed E-state index contributed by atoms with van der Waals surface area (Å²) in [6, 6.07) is 12.5. The molecule has 5 nitrogen and oxygen atoms in total. The van der Waals surface area contributed by atoms with E-state index in [2.05, 4.69) is 10.3 Å². The molecule has 0 aromatic heterocycles. The van der Waals surface area contributed by atoms with Gasteiger partial charge in [-0.1, -0.05) is 18.2 Å². The van der Waals surface area contributed by atoms with Crippen LogP contribution in [0, 0.1) is 5.82 Å². The second kappa shape index (κ2) is 8.84. The summed E-state index contributed by atoms with van der Waals surface area (Å²) in [5.41, 5.74) is 8.23. The van der Waals surface area contributed by atoms with Gasteiger partial charge >= 0.3 is 0 Å². The Morgan fingerprint density at radius 2 is 2.04 bits per heavy atom. The van der Waals surface area contributed by atoms with Crippen molar-refractivity contribution in [1.29, 1.82) is 0 Å². The number of para-hydroxylation sites is 1. The summed E-state index contributed by atoms with van der Waals surface area (Å²) < 4.78 is 24.3. The molecular formula is C17H19FIN3O2. The quantitative estimate of drug-likeness (QED) is 0.433. The highest BCUT2D eigenvalue weighted by Gasteiger charge is 2.16. The molecule has 1 heterocycles. The number of fused-ring (bicyclic) bond motifs is 1. The first kappa shape index (κ1) is 18.5. The standard InChI is InChI=1S/C17H18FN3O2.HI/c18-14-8-12(16-13(9-14)10-22-11-23-16)6-7-20-17(19)21-15-4-2-1-3-5-15;/h1-5,8-9H,6-7,10-11H2,(H3,19,20,21);1H. The third-order valence-corrected chi connectivity index (χ3v) is 3.46. The van der Waals surface area contributed by atoms with Crippen molar-refractivity contribution in [1.82, 2.24) is 0 Å². The Hall–Kier alpha value is -1.87. The zero-order valence-corrected chi connectivity index (χ0v) is 15.3. The summed E-state index contributed by atoms with van der Waals surface area (Å²) >= 11 is 0. The topological polar surface area (TPSA) is 68.9 Å². The molecule has 7 heteroatoms. The molecule has 0 amide bonds. The lowest BCUT2D eigenvalue weighted by Gasteiger charge is -2.20. The first-order valence-corrected chi connectivity index (χ1v) is 7.36. The molecule has 0 atom stereocenters. The predicted molar refractivity (Wildman–Crippen MR) is 102 cm³/mol. The average molecular weight is 443 g/mol. The van der Waals surface area contributed by atoms with E-state index in [0.717, 1.165) is 16.8 Å². The molecule has 24 heavy (non-hydrogen) atoms. The van der Waals surface area contributed by atoms with E-state index < -0.39 is 0 Å². The molecule has 3 rings (SSSR count). The Balaban J connectivity index is 0.00000208. The first-order valence-electron chi connectivity index (χ1n) is 7.36. The number of guanidine groups is 1. The van der Waals surface area contributed by atoms with E-state index in [9.17, 15) is 4.39 Å². The van der Waals surface area contributed by atoms with Crippen molar-refractivity contribution in [3.8, 4) is 5.75 Å². The van der Waals surface area contributed by atoms with Gasteiger partial charge in [-0.3, -0.25) is 4.99 Å². The highest BCUT2D eigenvalue weighted by molar-refractivity contribution is 14.0. The van der Waals surface area contributed by atoms with Crippen LogP contribution >= 0.6 is 24.0 Å². The highest BCUT2D eigenvalue weighted by atomic mass is 127. The summed E-state index contributed by atoms with van der Waals surface area (Å²) in [6.45, 7) is 0.986. The molecule has 0 bridgehead atoms. The SMILES string of the molecule is I.NC(=NCCc1cc(F)cc2c1OCOC2)Nc1ccccc1. The number of anilines is 1. The Bertz CT molecular complexity index is 710. The zero-order valence-electron chi connectivity index (χ0n) is 13.0. The van der Waals surface area contributed by atoms with Crippen molar-refractivity contribution in [3.05, 3.63) is 59.4 Å². The molecule has 0 spiro atoms. The smallest absolute Gasteiger partial charge is 0.193 e. The molecular weight excluding hydrogens is 424 g/mol. The zero-order chi connectivity index (χ0) is 16.1. The normalized spacial score (nSPS) is 13.5. The van der Waals surface area contributed by atoms with Gasteiger partial charge in [-0.05, 0) is 36.2 Å². The Labute approximate surface area is 157 Å². The Kier molecular flexibility index (Phi) is 6.80. The maximum atomic E-state index is 13.6. The molecule has 0 saturated heterocycles. The number of aliphatic imine (C=N–C) groups is 1. The van der Waals surface area contributed by atoms with E-state index in [1.807, 2.05) is 30.3 Å².